The third-order valence-electron chi connectivity index (χ3n) is 3.10. The van der Waals surface area contributed by atoms with Crippen LogP contribution in [0.4, 0.5) is 9.93 Å². The van der Waals surface area contributed by atoms with E-state index in [0.717, 1.165) is 10.4 Å². The van der Waals surface area contributed by atoms with Gasteiger partial charge in [-0.15, -0.1) is 11.3 Å². The smallest absolute Gasteiger partial charge is 0.323 e. The van der Waals surface area contributed by atoms with E-state index in [0.29, 0.717) is 16.6 Å². The molecule has 8 heteroatoms. The van der Waals surface area contributed by atoms with Crippen LogP contribution in [0.1, 0.15) is 16.9 Å². The van der Waals surface area contributed by atoms with Gasteiger partial charge in [0.15, 0.2) is 5.13 Å². The summed E-state index contributed by atoms with van der Waals surface area (Å²) in [6.07, 6.45) is 2.24. The van der Waals surface area contributed by atoms with Gasteiger partial charge in [0.05, 0.1) is 6.42 Å². The second-order valence-corrected chi connectivity index (χ2v) is 6.42. The quantitative estimate of drug-likeness (QED) is 0.834. The van der Waals surface area contributed by atoms with Gasteiger partial charge >= 0.3 is 12.0 Å². The predicted octanol–water partition coefficient (Wildman–Crippen LogP) is 3.33. The summed E-state index contributed by atoms with van der Waals surface area (Å²) in [5.74, 6) is -0.944. The highest BCUT2D eigenvalue weighted by Crippen LogP contribution is 2.24. The summed E-state index contributed by atoms with van der Waals surface area (Å²) < 4.78 is 0. The number of halogens is 1. The van der Waals surface area contributed by atoms with Crippen LogP contribution in [0.3, 0.4) is 0 Å². The molecule has 1 heterocycles. The van der Waals surface area contributed by atoms with E-state index < -0.39 is 5.97 Å². The van der Waals surface area contributed by atoms with Crippen LogP contribution in [-0.4, -0.2) is 40.6 Å². The summed E-state index contributed by atoms with van der Waals surface area (Å²) in [6, 6.07) is 7.18. The van der Waals surface area contributed by atoms with E-state index in [1.54, 1.807) is 6.20 Å². The van der Waals surface area contributed by atoms with Crippen molar-refractivity contribution in [2.45, 2.75) is 12.8 Å². The van der Waals surface area contributed by atoms with E-state index in [1.807, 2.05) is 24.3 Å². The number of urea groups is 1. The average molecular weight is 354 g/mol. The van der Waals surface area contributed by atoms with Crippen molar-refractivity contribution in [2.75, 3.05) is 18.9 Å². The molecular formula is C15H16ClN3O3S. The van der Waals surface area contributed by atoms with E-state index in [9.17, 15) is 9.59 Å². The summed E-state index contributed by atoms with van der Waals surface area (Å²) in [6.45, 7) is 0.138. The van der Waals surface area contributed by atoms with Gasteiger partial charge in [-0.1, -0.05) is 29.8 Å². The van der Waals surface area contributed by atoms with Gasteiger partial charge in [-0.25, -0.2) is 9.78 Å². The number of hydrogen-bond donors (Lipinski definition) is 2. The maximum absolute atomic E-state index is 11.9. The van der Waals surface area contributed by atoms with E-state index >= 15 is 0 Å². The Hall–Kier alpha value is -2.12. The van der Waals surface area contributed by atoms with Crippen LogP contribution in [0, 0.1) is 0 Å². The van der Waals surface area contributed by atoms with Crippen LogP contribution in [0.2, 0.25) is 5.02 Å². The van der Waals surface area contributed by atoms with Crippen LogP contribution in [-0.2, 0) is 11.2 Å². The van der Waals surface area contributed by atoms with Crippen molar-refractivity contribution in [3.05, 3.63) is 45.9 Å². The Balaban J connectivity index is 1.93. The zero-order valence-electron chi connectivity index (χ0n) is 12.5. The minimum atomic E-state index is -0.944. The number of aromatic nitrogens is 1. The van der Waals surface area contributed by atoms with Gasteiger partial charge in [0.2, 0.25) is 0 Å². The Bertz CT molecular complexity index is 705. The first-order valence-electron chi connectivity index (χ1n) is 6.87. The van der Waals surface area contributed by atoms with Gasteiger partial charge in [0.25, 0.3) is 0 Å². The van der Waals surface area contributed by atoms with E-state index in [4.69, 9.17) is 16.7 Å². The first-order valence-corrected chi connectivity index (χ1v) is 8.07. The van der Waals surface area contributed by atoms with Crippen LogP contribution in [0.5, 0.6) is 0 Å². The van der Waals surface area contributed by atoms with Crippen molar-refractivity contribution in [2.24, 2.45) is 0 Å². The molecule has 0 spiro atoms. The Morgan fingerprint density at radius 1 is 1.39 bits per heavy atom. The number of carbonyl (C=O) groups excluding carboxylic acids is 1. The second-order valence-electron chi connectivity index (χ2n) is 4.90. The fourth-order valence-corrected chi connectivity index (χ4v) is 2.86. The number of hydrogen-bond acceptors (Lipinski definition) is 4. The molecule has 0 saturated carbocycles. The maximum atomic E-state index is 11.9. The van der Waals surface area contributed by atoms with Crippen molar-refractivity contribution in [1.29, 1.82) is 0 Å². The van der Waals surface area contributed by atoms with Crippen LogP contribution in [0.15, 0.2) is 30.5 Å². The normalized spacial score (nSPS) is 10.3. The number of nitrogens with zero attached hydrogens (tertiary/aromatic N) is 2. The van der Waals surface area contributed by atoms with Gasteiger partial charge in [0, 0.05) is 36.1 Å². The number of benzene rings is 1. The second kappa shape index (κ2) is 7.94. The topological polar surface area (TPSA) is 82.5 Å². The number of thiazole rings is 1. The first kappa shape index (κ1) is 17.2. The minimum Gasteiger partial charge on any atom is -0.481 e. The predicted molar refractivity (Wildman–Crippen MR) is 90.3 cm³/mol. The lowest BCUT2D eigenvalue weighted by atomic mass is 10.1. The zero-order chi connectivity index (χ0) is 16.8. The van der Waals surface area contributed by atoms with Gasteiger partial charge in [-0.2, -0.15) is 0 Å². The molecule has 0 atom stereocenters. The van der Waals surface area contributed by atoms with Crippen LogP contribution >= 0.6 is 22.9 Å². The molecule has 2 N–H and O–H groups in total. The molecule has 0 aliphatic heterocycles. The number of amides is 2. The van der Waals surface area contributed by atoms with E-state index in [2.05, 4.69) is 10.3 Å². The third kappa shape index (κ3) is 5.22. The molecule has 122 valence electrons. The fraction of sp³-hybridized carbons (Fsp3) is 0.267. The van der Waals surface area contributed by atoms with Crippen molar-refractivity contribution < 1.29 is 14.7 Å². The van der Waals surface area contributed by atoms with Crippen molar-refractivity contribution in [3.63, 3.8) is 0 Å². The van der Waals surface area contributed by atoms with Gasteiger partial charge in [-0.3, -0.25) is 10.1 Å². The number of carboxylic acid groups (broad SMARTS) is 1. The number of nitrogens with one attached hydrogen (secondary N) is 1. The number of carbonyl (C=O) groups is 2. The Labute approximate surface area is 142 Å². The lowest BCUT2D eigenvalue weighted by Crippen LogP contribution is -2.33. The van der Waals surface area contributed by atoms with E-state index in [1.165, 1.54) is 23.3 Å². The number of carboxylic acids is 1. The fourth-order valence-electron chi connectivity index (χ4n) is 1.83. The van der Waals surface area contributed by atoms with Gasteiger partial charge in [-0.05, 0) is 11.6 Å². The molecule has 1 aromatic heterocycles. The Kier molecular flexibility index (Phi) is 5.95. The molecule has 2 aromatic rings. The van der Waals surface area contributed by atoms with E-state index in [-0.39, 0.29) is 19.0 Å². The van der Waals surface area contributed by atoms with Crippen molar-refractivity contribution in [1.82, 2.24) is 9.88 Å². The highest BCUT2D eigenvalue weighted by atomic mass is 35.5. The molecule has 23 heavy (non-hydrogen) atoms. The van der Waals surface area contributed by atoms with Crippen molar-refractivity contribution in [3.8, 4) is 0 Å². The molecule has 0 unspecified atom stereocenters. The Morgan fingerprint density at radius 2 is 2.13 bits per heavy atom. The molecule has 0 radical (unpaired) electrons. The number of aliphatic carboxylic acids is 1. The lowest BCUT2D eigenvalue weighted by Gasteiger charge is -2.15. The Morgan fingerprint density at radius 3 is 2.83 bits per heavy atom. The first-order chi connectivity index (χ1) is 11.0. The maximum Gasteiger partial charge on any atom is 0.323 e. The summed E-state index contributed by atoms with van der Waals surface area (Å²) in [7, 11) is 1.54. The molecule has 2 rings (SSSR count). The highest BCUT2D eigenvalue weighted by Gasteiger charge is 2.13. The average Bonchev–Trinajstić information content (AvgIpc) is 2.94. The summed E-state index contributed by atoms with van der Waals surface area (Å²) >= 11 is 7.49. The monoisotopic (exact) mass is 353 g/mol. The molecule has 0 fully saturated rings. The molecular weight excluding hydrogens is 338 g/mol. The largest absolute Gasteiger partial charge is 0.481 e. The molecule has 0 bridgehead atoms. The van der Waals surface area contributed by atoms with Crippen LogP contribution in [0.25, 0.3) is 0 Å². The van der Waals surface area contributed by atoms with Gasteiger partial charge in [0.1, 0.15) is 0 Å². The lowest BCUT2D eigenvalue weighted by molar-refractivity contribution is -0.137. The number of anilines is 1. The molecule has 2 amide bonds. The minimum absolute atomic E-state index is 0.0977. The number of rotatable bonds is 6. The summed E-state index contributed by atoms with van der Waals surface area (Å²) in [5, 5.41) is 12.4. The molecule has 6 nitrogen and oxygen atoms in total. The zero-order valence-corrected chi connectivity index (χ0v) is 14.0. The summed E-state index contributed by atoms with van der Waals surface area (Å²) in [5.41, 5.74) is 0.995. The molecule has 0 aliphatic rings. The SMILES string of the molecule is CN(CCC(=O)O)C(=O)Nc1ncc(Cc2ccccc2Cl)s1. The third-order valence-corrected chi connectivity index (χ3v) is 4.38. The summed E-state index contributed by atoms with van der Waals surface area (Å²) in [4.78, 5) is 28.9. The van der Waals surface area contributed by atoms with Crippen molar-refractivity contribution >= 4 is 40.1 Å². The molecule has 0 saturated heterocycles. The molecule has 1 aromatic carbocycles. The van der Waals surface area contributed by atoms with Crippen LogP contribution < -0.4 is 5.32 Å². The molecule has 0 aliphatic carbocycles. The standard InChI is InChI=1S/C15H16ClN3O3S/c1-19(7-6-13(20)21)15(22)18-14-17-9-11(23-14)8-10-4-2-3-5-12(10)16/h2-5,9H,6-8H2,1H3,(H,20,21)(H,17,18,22). The highest BCUT2D eigenvalue weighted by molar-refractivity contribution is 7.15. The van der Waals surface area contributed by atoms with Gasteiger partial charge < -0.3 is 10.0 Å².